The van der Waals surface area contributed by atoms with Crippen molar-refractivity contribution in [3.05, 3.63) is 28.4 Å². The molecule has 0 aromatic heterocycles. The highest BCUT2D eigenvalue weighted by atomic mass is 35.5. The molecule has 1 aliphatic heterocycles. The number of methoxy groups -OCH3 is 3. The SMILES string of the molecule is COc1cc(C)c(C(O)C2(C(F)(F)F)C=C(Cl)N=C(Cl)C2Cl)c(OC)c1OC. The van der Waals surface area contributed by atoms with Crippen molar-refractivity contribution >= 4 is 40.0 Å². The maximum atomic E-state index is 14.3. The quantitative estimate of drug-likeness (QED) is 0.497. The normalized spacial score (nSPS) is 23.6. The molecule has 11 heteroatoms. The molecule has 1 aromatic rings. The summed E-state index contributed by atoms with van der Waals surface area (Å²) < 4.78 is 58.4. The van der Waals surface area contributed by atoms with Gasteiger partial charge < -0.3 is 19.3 Å². The monoisotopic (exact) mass is 461 g/mol. The van der Waals surface area contributed by atoms with Crippen molar-refractivity contribution in [2.24, 2.45) is 10.4 Å². The van der Waals surface area contributed by atoms with Gasteiger partial charge >= 0.3 is 6.18 Å². The third kappa shape index (κ3) is 3.51. The van der Waals surface area contributed by atoms with Gasteiger partial charge in [-0.05, 0) is 24.6 Å². The number of aryl methyl sites for hydroxylation is 1. The Labute approximate surface area is 174 Å². The highest BCUT2D eigenvalue weighted by Gasteiger charge is 2.65. The maximum Gasteiger partial charge on any atom is 0.402 e. The summed E-state index contributed by atoms with van der Waals surface area (Å²) >= 11 is 17.6. The predicted molar refractivity (Wildman–Crippen MR) is 101 cm³/mol. The van der Waals surface area contributed by atoms with Gasteiger partial charge in [-0.15, -0.1) is 11.6 Å². The van der Waals surface area contributed by atoms with Crippen LogP contribution in [0.4, 0.5) is 13.2 Å². The Bertz CT molecular complexity index is 829. The van der Waals surface area contributed by atoms with Crippen LogP contribution in [-0.2, 0) is 0 Å². The van der Waals surface area contributed by atoms with Crippen LogP contribution >= 0.6 is 34.8 Å². The van der Waals surface area contributed by atoms with E-state index in [1.807, 2.05) is 0 Å². The Morgan fingerprint density at radius 3 is 2.18 bits per heavy atom. The lowest BCUT2D eigenvalue weighted by atomic mass is 9.73. The molecule has 0 bridgehead atoms. The second-order valence-corrected chi connectivity index (χ2v) is 7.18. The van der Waals surface area contributed by atoms with Crippen molar-refractivity contribution in [1.29, 1.82) is 0 Å². The Hall–Kier alpha value is -1.35. The molecule has 1 N–H and O–H groups in total. The summed E-state index contributed by atoms with van der Waals surface area (Å²) in [4.78, 5) is 3.56. The minimum atomic E-state index is -5.04. The van der Waals surface area contributed by atoms with Gasteiger partial charge in [-0.3, -0.25) is 0 Å². The number of aliphatic hydroxyl groups is 1. The molecule has 1 aromatic carbocycles. The van der Waals surface area contributed by atoms with Crippen LogP contribution in [0.3, 0.4) is 0 Å². The van der Waals surface area contributed by atoms with E-state index in [0.717, 1.165) is 0 Å². The number of ether oxygens (including phenoxy) is 3. The summed E-state index contributed by atoms with van der Waals surface area (Å²) in [5.74, 6) is 0.0920. The van der Waals surface area contributed by atoms with Crippen LogP contribution in [-0.4, -0.2) is 43.2 Å². The zero-order chi connectivity index (χ0) is 21.4. The number of nitrogens with zero attached hydrogens (tertiary/aromatic N) is 1. The van der Waals surface area contributed by atoms with E-state index >= 15 is 0 Å². The van der Waals surface area contributed by atoms with E-state index in [9.17, 15) is 18.3 Å². The van der Waals surface area contributed by atoms with Gasteiger partial charge in [-0.1, -0.05) is 23.2 Å². The first kappa shape index (κ1) is 22.9. The summed E-state index contributed by atoms with van der Waals surface area (Å²) in [6, 6.07) is 1.41. The molecule has 0 fully saturated rings. The van der Waals surface area contributed by atoms with Gasteiger partial charge in [-0.25, -0.2) is 4.99 Å². The smallest absolute Gasteiger partial charge is 0.402 e. The van der Waals surface area contributed by atoms with E-state index in [-0.39, 0.29) is 28.4 Å². The molecule has 0 saturated heterocycles. The third-order valence-electron chi connectivity index (χ3n) is 4.49. The summed E-state index contributed by atoms with van der Waals surface area (Å²) in [5.41, 5.74) is -3.02. The van der Waals surface area contributed by atoms with Gasteiger partial charge in [0.25, 0.3) is 0 Å². The number of aliphatic imine (C=N–C) groups is 1. The standard InChI is InChI=1S/C17H17Cl3F3NO4/c1-7-5-8(26-2)11(27-3)12(28-4)10(7)14(25)16(17(21,22)23)6-9(18)24-15(20)13(16)19/h5-6,13-14,25H,1-4H3. The Morgan fingerprint density at radius 2 is 1.71 bits per heavy atom. The molecule has 0 spiro atoms. The number of aliphatic hydroxyl groups excluding tert-OH is 1. The molecule has 5 nitrogen and oxygen atoms in total. The molecular formula is C17H17Cl3F3NO4. The molecule has 0 aliphatic carbocycles. The minimum Gasteiger partial charge on any atom is -0.493 e. The van der Waals surface area contributed by atoms with Crippen molar-refractivity contribution in [2.45, 2.75) is 24.6 Å². The van der Waals surface area contributed by atoms with Crippen LogP contribution in [0.5, 0.6) is 17.2 Å². The van der Waals surface area contributed by atoms with Crippen LogP contribution < -0.4 is 14.2 Å². The van der Waals surface area contributed by atoms with Crippen molar-refractivity contribution in [3.8, 4) is 17.2 Å². The Morgan fingerprint density at radius 1 is 1.14 bits per heavy atom. The summed E-state index contributed by atoms with van der Waals surface area (Å²) in [6.45, 7) is 1.49. The molecular weight excluding hydrogens is 446 g/mol. The minimum absolute atomic E-state index is 0.0127. The first-order valence-corrected chi connectivity index (χ1v) is 8.96. The number of halogens is 6. The van der Waals surface area contributed by atoms with Gasteiger partial charge in [0.2, 0.25) is 5.75 Å². The molecule has 3 atom stereocenters. The van der Waals surface area contributed by atoms with Crippen LogP contribution in [0.2, 0.25) is 0 Å². The van der Waals surface area contributed by atoms with Crippen LogP contribution in [0.1, 0.15) is 17.2 Å². The first-order chi connectivity index (χ1) is 13.0. The summed E-state index contributed by atoms with van der Waals surface area (Å²) in [7, 11) is 3.87. The molecule has 0 radical (unpaired) electrons. The predicted octanol–water partition coefficient (Wildman–Crippen LogP) is 4.94. The first-order valence-electron chi connectivity index (χ1n) is 7.77. The second kappa shape index (κ2) is 8.18. The summed E-state index contributed by atoms with van der Waals surface area (Å²) in [5, 5.41) is 7.95. The topological polar surface area (TPSA) is 60.3 Å². The van der Waals surface area contributed by atoms with Crippen molar-refractivity contribution in [2.75, 3.05) is 21.3 Å². The number of alkyl halides is 4. The maximum absolute atomic E-state index is 14.3. The molecule has 1 aliphatic rings. The van der Waals surface area contributed by atoms with Crippen LogP contribution in [0.15, 0.2) is 22.3 Å². The zero-order valence-electron chi connectivity index (χ0n) is 15.2. The molecule has 2 rings (SSSR count). The highest BCUT2D eigenvalue weighted by Crippen LogP contribution is 2.58. The number of rotatable bonds is 5. The lowest BCUT2D eigenvalue weighted by Crippen LogP contribution is -2.52. The average molecular weight is 463 g/mol. The van der Waals surface area contributed by atoms with Gasteiger partial charge in [-0.2, -0.15) is 13.2 Å². The molecule has 1 heterocycles. The second-order valence-electron chi connectivity index (χ2n) is 5.97. The fourth-order valence-electron chi connectivity index (χ4n) is 3.14. The van der Waals surface area contributed by atoms with E-state index in [1.54, 1.807) is 0 Å². The fraction of sp³-hybridized carbons (Fsp3) is 0.471. The van der Waals surface area contributed by atoms with Gasteiger partial charge in [0, 0.05) is 5.56 Å². The van der Waals surface area contributed by atoms with Gasteiger partial charge in [0.1, 0.15) is 27.2 Å². The Balaban J connectivity index is 2.85. The third-order valence-corrected chi connectivity index (χ3v) is 5.67. The number of hydrogen-bond acceptors (Lipinski definition) is 5. The fourth-order valence-corrected chi connectivity index (χ4v) is 4.08. The van der Waals surface area contributed by atoms with Crippen LogP contribution in [0, 0.1) is 12.3 Å². The van der Waals surface area contributed by atoms with E-state index in [4.69, 9.17) is 49.0 Å². The zero-order valence-corrected chi connectivity index (χ0v) is 17.5. The molecule has 156 valence electrons. The number of benzene rings is 1. The van der Waals surface area contributed by atoms with E-state index in [0.29, 0.717) is 6.08 Å². The number of hydrogen-bond donors (Lipinski definition) is 1. The van der Waals surface area contributed by atoms with Crippen molar-refractivity contribution < 1.29 is 32.5 Å². The van der Waals surface area contributed by atoms with E-state index in [1.165, 1.54) is 34.3 Å². The van der Waals surface area contributed by atoms with Crippen LogP contribution in [0.25, 0.3) is 0 Å². The summed E-state index contributed by atoms with van der Waals surface area (Å²) in [6.07, 6.45) is -6.74. The molecule has 28 heavy (non-hydrogen) atoms. The average Bonchev–Trinajstić information content (AvgIpc) is 2.61. The van der Waals surface area contributed by atoms with Crippen molar-refractivity contribution in [3.63, 3.8) is 0 Å². The Kier molecular flexibility index (Phi) is 6.70. The highest BCUT2D eigenvalue weighted by molar-refractivity contribution is 6.71. The molecule has 0 saturated carbocycles. The van der Waals surface area contributed by atoms with E-state index < -0.39 is 33.4 Å². The van der Waals surface area contributed by atoms with Crippen molar-refractivity contribution in [1.82, 2.24) is 0 Å². The molecule has 0 amide bonds. The largest absolute Gasteiger partial charge is 0.493 e. The van der Waals surface area contributed by atoms with Gasteiger partial charge in [0.05, 0.1) is 21.3 Å². The van der Waals surface area contributed by atoms with Gasteiger partial charge in [0.15, 0.2) is 11.5 Å². The molecule has 3 unspecified atom stereocenters. The lowest BCUT2D eigenvalue weighted by Gasteiger charge is -2.42. The lowest BCUT2D eigenvalue weighted by molar-refractivity contribution is -0.233. The van der Waals surface area contributed by atoms with E-state index in [2.05, 4.69) is 4.99 Å².